The third kappa shape index (κ3) is 6.70. The maximum atomic E-state index is 13.7. The number of pyridine rings is 1. The van der Waals surface area contributed by atoms with Crippen molar-refractivity contribution >= 4 is 10.0 Å². The number of aryl methyl sites for hydroxylation is 1. The molecule has 0 bridgehead atoms. The first-order valence-electron chi connectivity index (χ1n) is 14.1. The fraction of sp³-hybridized carbons (Fsp3) is 0.452. The average molecular weight is 533 g/mol. The summed E-state index contributed by atoms with van der Waals surface area (Å²) in [5, 5.41) is 0. The zero-order valence-electron chi connectivity index (χ0n) is 22.2. The van der Waals surface area contributed by atoms with Crippen LogP contribution in [0.1, 0.15) is 67.0 Å². The highest BCUT2D eigenvalue weighted by atomic mass is 32.2. The van der Waals surface area contributed by atoms with Gasteiger partial charge in [0.1, 0.15) is 0 Å². The Labute approximate surface area is 227 Å². The molecule has 1 atom stereocenters. The summed E-state index contributed by atoms with van der Waals surface area (Å²) in [4.78, 5) is 7.65. The molecule has 0 amide bonds. The van der Waals surface area contributed by atoms with Gasteiger partial charge in [0.05, 0.1) is 16.6 Å². The third-order valence-electron chi connectivity index (χ3n) is 7.81. The van der Waals surface area contributed by atoms with Gasteiger partial charge in [-0.3, -0.25) is 9.88 Å². The Morgan fingerprint density at radius 1 is 0.868 bits per heavy atom. The van der Waals surface area contributed by atoms with Crippen LogP contribution < -0.4 is 5.73 Å². The van der Waals surface area contributed by atoms with Crippen molar-refractivity contribution in [2.45, 2.75) is 69.0 Å². The molecule has 2 aliphatic carbocycles. The van der Waals surface area contributed by atoms with E-state index < -0.39 is 10.0 Å². The molecule has 1 heterocycles. The summed E-state index contributed by atoms with van der Waals surface area (Å²) in [6.07, 6.45) is 9.49. The lowest BCUT2D eigenvalue weighted by atomic mass is 9.90. The molecule has 38 heavy (non-hydrogen) atoms. The standard InChI is InChI=1S/C31H40N4O2S/c32-19-4-5-21-34(30-12-6-10-28-11-7-20-33-31(28)30)22-26-15-17-29(18-16-26)38(36,37)35(24-27-13-14-27)23-25-8-2-1-3-9-25/h1-3,7-9,11,15-18,20,27,30H,4-6,10,12-14,19,21-24,32H2. The van der Waals surface area contributed by atoms with Crippen LogP contribution in [-0.4, -0.2) is 42.2 Å². The molecule has 1 fully saturated rings. The van der Waals surface area contributed by atoms with E-state index >= 15 is 0 Å². The third-order valence-corrected chi connectivity index (χ3v) is 9.64. The Bertz CT molecular complexity index is 1280. The SMILES string of the molecule is NCCCCN(Cc1ccc(S(=O)(=O)N(Cc2ccccc2)CC2CC2)cc1)C1CCCc2cccnc21. The second-order valence-corrected chi connectivity index (χ2v) is 12.7. The van der Waals surface area contributed by atoms with Crippen molar-refractivity contribution in [1.82, 2.24) is 14.2 Å². The van der Waals surface area contributed by atoms with Crippen LogP contribution in [0.2, 0.25) is 0 Å². The zero-order chi connectivity index (χ0) is 26.4. The van der Waals surface area contributed by atoms with Gasteiger partial charge < -0.3 is 5.73 Å². The second-order valence-electron chi connectivity index (χ2n) is 10.8. The number of nitrogens with two attached hydrogens (primary N) is 1. The quantitative estimate of drug-likeness (QED) is 0.302. The molecule has 1 saturated carbocycles. The van der Waals surface area contributed by atoms with Crippen molar-refractivity contribution in [2.24, 2.45) is 11.7 Å². The second kappa shape index (κ2) is 12.5. The first kappa shape index (κ1) is 27.0. The summed E-state index contributed by atoms with van der Waals surface area (Å²) in [5.41, 5.74) is 10.5. The lowest BCUT2D eigenvalue weighted by molar-refractivity contribution is 0.163. The predicted molar refractivity (Wildman–Crippen MR) is 152 cm³/mol. The number of hydrogen-bond donors (Lipinski definition) is 1. The van der Waals surface area contributed by atoms with E-state index in [2.05, 4.69) is 11.0 Å². The normalized spacial score (nSPS) is 17.6. The van der Waals surface area contributed by atoms with E-state index in [1.165, 1.54) is 11.3 Å². The Morgan fingerprint density at radius 3 is 2.37 bits per heavy atom. The highest BCUT2D eigenvalue weighted by Gasteiger charge is 2.32. The van der Waals surface area contributed by atoms with Crippen LogP contribution in [0, 0.1) is 5.92 Å². The largest absolute Gasteiger partial charge is 0.330 e. The van der Waals surface area contributed by atoms with Crippen LogP contribution in [0.25, 0.3) is 0 Å². The zero-order valence-corrected chi connectivity index (χ0v) is 23.0. The molecule has 2 aliphatic rings. The first-order chi connectivity index (χ1) is 18.5. The summed E-state index contributed by atoms with van der Waals surface area (Å²) in [6.45, 7) is 3.40. The molecule has 0 spiro atoms. The minimum Gasteiger partial charge on any atom is -0.330 e. The average Bonchev–Trinajstić information content (AvgIpc) is 3.77. The number of nitrogens with zero attached hydrogens (tertiary/aromatic N) is 3. The van der Waals surface area contributed by atoms with Gasteiger partial charge in [0.25, 0.3) is 0 Å². The van der Waals surface area contributed by atoms with Gasteiger partial charge in [0.15, 0.2) is 0 Å². The smallest absolute Gasteiger partial charge is 0.243 e. The number of hydrogen-bond acceptors (Lipinski definition) is 5. The van der Waals surface area contributed by atoms with E-state index in [9.17, 15) is 8.42 Å². The summed E-state index contributed by atoms with van der Waals surface area (Å²) < 4.78 is 29.0. The van der Waals surface area contributed by atoms with Crippen molar-refractivity contribution < 1.29 is 8.42 Å². The van der Waals surface area contributed by atoms with Gasteiger partial charge in [0.2, 0.25) is 10.0 Å². The number of aromatic nitrogens is 1. The molecular formula is C31H40N4O2S. The van der Waals surface area contributed by atoms with Gasteiger partial charge >= 0.3 is 0 Å². The van der Waals surface area contributed by atoms with E-state index in [4.69, 9.17) is 10.7 Å². The van der Waals surface area contributed by atoms with Crippen molar-refractivity contribution in [3.63, 3.8) is 0 Å². The van der Waals surface area contributed by atoms with Gasteiger partial charge in [-0.05, 0) is 98.8 Å². The van der Waals surface area contributed by atoms with Crippen molar-refractivity contribution in [2.75, 3.05) is 19.6 Å². The molecule has 2 N–H and O–H groups in total. The van der Waals surface area contributed by atoms with Crippen LogP contribution >= 0.6 is 0 Å². The summed E-state index contributed by atoms with van der Waals surface area (Å²) >= 11 is 0. The molecule has 1 unspecified atom stereocenters. The molecule has 0 saturated heterocycles. The molecule has 1 aromatic heterocycles. The molecular weight excluding hydrogens is 492 g/mol. The molecule has 3 aromatic rings. The van der Waals surface area contributed by atoms with Crippen LogP contribution in [0.15, 0.2) is 77.8 Å². The minimum absolute atomic E-state index is 0.279. The summed E-state index contributed by atoms with van der Waals surface area (Å²) in [7, 11) is -3.58. The molecule has 0 aliphatic heterocycles. The van der Waals surface area contributed by atoms with Gasteiger partial charge in [-0.25, -0.2) is 8.42 Å². The Balaban J connectivity index is 1.34. The van der Waals surface area contributed by atoms with Gasteiger partial charge in [-0.1, -0.05) is 48.5 Å². The summed E-state index contributed by atoms with van der Waals surface area (Å²) in [5.74, 6) is 0.474. The van der Waals surface area contributed by atoms with E-state index in [0.29, 0.717) is 30.4 Å². The van der Waals surface area contributed by atoms with Crippen LogP contribution in [0.5, 0.6) is 0 Å². The number of fused-ring (bicyclic) bond motifs is 1. The molecule has 2 aromatic carbocycles. The number of benzene rings is 2. The lowest BCUT2D eigenvalue weighted by Crippen LogP contribution is -2.33. The van der Waals surface area contributed by atoms with Crippen LogP contribution in [-0.2, 0) is 29.5 Å². The number of rotatable bonds is 13. The fourth-order valence-corrected chi connectivity index (χ4v) is 7.02. The van der Waals surface area contributed by atoms with Crippen LogP contribution in [0.3, 0.4) is 0 Å². The molecule has 7 heteroatoms. The number of unbranched alkanes of at least 4 members (excludes halogenated alkanes) is 1. The molecule has 5 rings (SSSR count). The minimum atomic E-state index is -3.58. The maximum Gasteiger partial charge on any atom is 0.243 e. The number of sulfonamides is 1. The molecule has 0 radical (unpaired) electrons. The Morgan fingerprint density at radius 2 is 1.63 bits per heavy atom. The van der Waals surface area contributed by atoms with Gasteiger partial charge in [-0.15, -0.1) is 0 Å². The predicted octanol–water partition coefficient (Wildman–Crippen LogP) is 5.30. The van der Waals surface area contributed by atoms with Gasteiger partial charge in [0, 0.05) is 25.8 Å². The topological polar surface area (TPSA) is 79.5 Å². The van der Waals surface area contributed by atoms with E-state index in [-0.39, 0.29) is 6.04 Å². The van der Waals surface area contributed by atoms with Crippen LogP contribution in [0.4, 0.5) is 0 Å². The highest BCUT2D eigenvalue weighted by Crippen LogP contribution is 2.35. The van der Waals surface area contributed by atoms with E-state index in [0.717, 1.165) is 69.2 Å². The Kier molecular flexibility index (Phi) is 8.89. The molecule has 6 nitrogen and oxygen atoms in total. The fourth-order valence-electron chi connectivity index (χ4n) is 5.52. The lowest BCUT2D eigenvalue weighted by Gasteiger charge is -2.35. The van der Waals surface area contributed by atoms with Crippen molar-refractivity contribution in [3.05, 3.63) is 95.3 Å². The molecule has 202 valence electrons. The van der Waals surface area contributed by atoms with Crippen molar-refractivity contribution in [3.8, 4) is 0 Å². The summed E-state index contributed by atoms with van der Waals surface area (Å²) in [6, 6.07) is 22.0. The maximum absolute atomic E-state index is 13.7. The Hall–Kier alpha value is -2.58. The van der Waals surface area contributed by atoms with E-state index in [1.807, 2.05) is 54.7 Å². The monoisotopic (exact) mass is 532 g/mol. The van der Waals surface area contributed by atoms with Crippen molar-refractivity contribution in [1.29, 1.82) is 0 Å². The highest BCUT2D eigenvalue weighted by molar-refractivity contribution is 7.89. The first-order valence-corrected chi connectivity index (χ1v) is 15.5. The van der Waals surface area contributed by atoms with Gasteiger partial charge in [-0.2, -0.15) is 4.31 Å². The van der Waals surface area contributed by atoms with E-state index in [1.54, 1.807) is 16.4 Å².